The van der Waals surface area contributed by atoms with E-state index in [-0.39, 0.29) is 29.3 Å². The molecule has 0 aromatic heterocycles. The number of fused-ring (bicyclic) bond motifs is 2. The average Bonchev–Trinajstić information content (AvgIpc) is 3.58. The Bertz CT molecular complexity index is 1800. The summed E-state index contributed by atoms with van der Waals surface area (Å²) in [6.07, 6.45) is 4.75. The first-order valence-electron chi connectivity index (χ1n) is 19.8. The molecule has 7 nitrogen and oxygen atoms in total. The van der Waals surface area contributed by atoms with Crippen molar-refractivity contribution in [1.82, 2.24) is 10.2 Å². The number of piperazine rings is 1. The average molecular weight is 721 g/mol. The number of hydrogen-bond acceptors (Lipinski definition) is 6. The minimum Gasteiger partial charge on any atom is -0.508 e. The van der Waals surface area contributed by atoms with Gasteiger partial charge in [0.15, 0.2) is 0 Å². The lowest BCUT2D eigenvalue weighted by atomic mass is 9.76. The molecule has 0 aliphatic carbocycles. The van der Waals surface area contributed by atoms with Crippen LogP contribution in [-0.2, 0) is 6.54 Å². The molecule has 4 aliphatic heterocycles. The lowest BCUT2D eigenvalue weighted by Gasteiger charge is -2.40. The number of hydrogen-bond donors (Lipinski definition) is 2. The number of amides is 1. The predicted molar refractivity (Wildman–Crippen MR) is 214 cm³/mol. The first-order valence-corrected chi connectivity index (χ1v) is 19.8. The number of unbranched alkanes of at least 4 members (excludes halogenated alkanes) is 1. The first kappa shape index (κ1) is 38.2. The van der Waals surface area contributed by atoms with Crippen LogP contribution in [0.25, 0.3) is 0 Å². The van der Waals surface area contributed by atoms with Gasteiger partial charge in [-0.2, -0.15) is 0 Å². The van der Waals surface area contributed by atoms with Gasteiger partial charge in [0.05, 0.1) is 12.3 Å². The van der Waals surface area contributed by atoms with E-state index in [1.165, 1.54) is 18.5 Å². The number of phenolic OH excluding ortho intramolecular Hbond substituents is 1. The largest absolute Gasteiger partial charge is 0.508 e. The highest BCUT2D eigenvalue weighted by atomic mass is 19.1. The minimum absolute atomic E-state index is 0.0304. The highest BCUT2D eigenvalue weighted by molar-refractivity contribution is 5.98. The summed E-state index contributed by atoms with van der Waals surface area (Å²) in [6.45, 7) is 16.3. The van der Waals surface area contributed by atoms with Crippen molar-refractivity contribution >= 4 is 17.3 Å². The molecule has 8 rings (SSSR count). The highest BCUT2D eigenvalue weighted by Gasteiger charge is 2.34. The molecule has 4 aromatic rings. The third-order valence-electron chi connectivity index (χ3n) is 11.2. The zero-order valence-electron chi connectivity index (χ0n) is 32.0. The van der Waals surface area contributed by atoms with Crippen LogP contribution in [0.2, 0.25) is 0 Å². The van der Waals surface area contributed by atoms with Crippen LogP contribution >= 0.6 is 0 Å². The van der Waals surface area contributed by atoms with Crippen LogP contribution in [0.15, 0.2) is 84.9 Å². The number of nitrogens with one attached hydrogen (secondary N) is 1. The Balaban J connectivity index is 0.000000752. The smallest absolute Gasteiger partial charge is 0.251 e. The fraction of sp³-hybridized carbons (Fsp3) is 0.444. The summed E-state index contributed by atoms with van der Waals surface area (Å²) in [5.41, 5.74) is 6.84. The van der Waals surface area contributed by atoms with Gasteiger partial charge in [-0.1, -0.05) is 83.0 Å². The molecule has 4 aromatic carbocycles. The van der Waals surface area contributed by atoms with Gasteiger partial charge in [0, 0.05) is 87.1 Å². The number of halogens is 1. The van der Waals surface area contributed by atoms with Crippen LogP contribution in [0.1, 0.15) is 97.8 Å². The van der Waals surface area contributed by atoms with Crippen molar-refractivity contribution in [3.8, 4) is 11.5 Å². The topological polar surface area (TPSA) is 68.3 Å². The Morgan fingerprint density at radius 1 is 0.811 bits per heavy atom. The van der Waals surface area contributed by atoms with E-state index in [4.69, 9.17) is 4.74 Å². The third kappa shape index (κ3) is 8.81. The molecule has 0 saturated carbocycles. The summed E-state index contributed by atoms with van der Waals surface area (Å²) in [7, 11) is 0. The van der Waals surface area contributed by atoms with Crippen molar-refractivity contribution < 1.29 is 19.0 Å². The second-order valence-corrected chi connectivity index (χ2v) is 14.5. The first-order chi connectivity index (χ1) is 25.9. The van der Waals surface area contributed by atoms with E-state index in [1.54, 1.807) is 18.2 Å². The van der Waals surface area contributed by atoms with Crippen molar-refractivity contribution in [1.29, 1.82) is 0 Å². The Morgan fingerprint density at radius 3 is 2.25 bits per heavy atom. The van der Waals surface area contributed by atoms with Crippen LogP contribution in [0.3, 0.4) is 0 Å². The van der Waals surface area contributed by atoms with Crippen molar-refractivity contribution in [2.24, 2.45) is 5.92 Å². The molecule has 0 spiro atoms. The fourth-order valence-corrected chi connectivity index (χ4v) is 8.10. The summed E-state index contributed by atoms with van der Waals surface area (Å²) >= 11 is 0. The fourth-order valence-electron chi connectivity index (χ4n) is 8.10. The summed E-state index contributed by atoms with van der Waals surface area (Å²) in [4.78, 5) is 19.1. The normalized spacial score (nSPS) is 19.8. The number of carbonyl (C=O) groups is 1. The molecular formula is C45H57FN4O3. The van der Waals surface area contributed by atoms with Gasteiger partial charge in [-0.3, -0.25) is 9.69 Å². The van der Waals surface area contributed by atoms with Crippen molar-refractivity contribution in [3.05, 3.63) is 119 Å². The Labute approximate surface area is 315 Å². The summed E-state index contributed by atoms with van der Waals surface area (Å²) in [6, 6.07) is 27.5. The van der Waals surface area contributed by atoms with Gasteiger partial charge < -0.3 is 25.0 Å². The maximum Gasteiger partial charge on any atom is 0.251 e. The molecule has 0 radical (unpaired) electrons. The zero-order chi connectivity index (χ0) is 37.3. The summed E-state index contributed by atoms with van der Waals surface area (Å²) < 4.78 is 22.1. The molecule has 2 saturated heterocycles. The van der Waals surface area contributed by atoms with E-state index in [0.717, 1.165) is 86.5 Å². The maximum absolute atomic E-state index is 16.0. The second kappa shape index (κ2) is 18.0. The van der Waals surface area contributed by atoms with Crippen molar-refractivity contribution in [3.63, 3.8) is 0 Å². The third-order valence-corrected chi connectivity index (χ3v) is 11.2. The minimum atomic E-state index is -0.178. The quantitative estimate of drug-likeness (QED) is 0.199. The number of carbonyl (C=O) groups excluding carboxylic acids is 1. The van der Waals surface area contributed by atoms with Gasteiger partial charge in [0.1, 0.15) is 17.3 Å². The van der Waals surface area contributed by atoms with Crippen molar-refractivity contribution in [2.45, 2.75) is 71.8 Å². The zero-order valence-corrected chi connectivity index (χ0v) is 32.0. The monoisotopic (exact) mass is 720 g/mol. The van der Waals surface area contributed by atoms with Crippen LogP contribution in [0, 0.1) is 11.7 Å². The molecule has 1 amide bonds. The molecular weight excluding hydrogens is 664 g/mol. The molecule has 53 heavy (non-hydrogen) atoms. The molecule has 2 fully saturated rings. The summed E-state index contributed by atoms with van der Waals surface area (Å²) in [5, 5.41) is 13.0. The molecule has 282 valence electrons. The number of aromatic hydroxyl groups is 1. The predicted octanol–water partition coefficient (Wildman–Crippen LogP) is 8.95. The number of anilines is 2. The molecule has 4 heterocycles. The van der Waals surface area contributed by atoms with Gasteiger partial charge >= 0.3 is 0 Å². The molecule has 0 bridgehead atoms. The Hall–Kier alpha value is -4.56. The standard InChI is InChI=1S/C39H41FN4O3.C4H10.C2H6/c40-35-21-28(38-33-10-8-31(45)22-37(33)47-25-34(38)27-4-2-1-3-5-27)6-11-36(35)44-14-12-26(13-15-44)24-42-16-18-43(19-17-42)30-7-9-32-29(20-30)23-41-39(32)46;1-3-4-2;1-2/h1-11,20-22,26,34,38,45H,12-19,23-25H2,(H,41,46);3-4H2,1-2H3;1-2H3. The molecule has 2 atom stereocenters. The number of phenols is 1. The SMILES string of the molecule is CC.CCCC.O=C1NCc2cc(N3CCN(CC4CCN(c5ccc(C6c7ccc(O)cc7OCC6c6ccccc6)cc5F)CC4)CC3)ccc21. The summed E-state index contributed by atoms with van der Waals surface area (Å²) in [5.74, 6) is 1.24. The second-order valence-electron chi connectivity index (χ2n) is 14.5. The molecule has 2 N–H and O–H groups in total. The maximum atomic E-state index is 16.0. The van der Waals surface area contributed by atoms with Crippen LogP contribution < -0.4 is 19.9 Å². The molecule has 8 heteroatoms. The number of rotatable bonds is 7. The van der Waals surface area contributed by atoms with Crippen LogP contribution in [0.5, 0.6) is 11.5 Å². The van der Waals surface area contributed by atoms with E-state index in [9.17, 15) is 9.90 Å². The van der Waals surface area contributed by atoms with Crippen LogP contribution in [0.4, 0.5) is 15.8 Å². The van der Waals surface area contributed by atoms with E-state index in [0.29, 0.717) is 30.5 Å². The number of nitrogens with zero attached hydrogens (tertiary/aromatic N) is 3. The van der Waals surface area contributed by atoms with Gasteiger partial charge in [0.25, 0.3) is 5.91 Å². The highest BCUT2D eigenvalue weighted by Crippen LogP contribution is 2.47. The van der Waals surface area contributed by atoms with Crippen LogP contribution in [-0.4, -0.2) is 68.3 Å². The lowest BCUT2D eigenvalue weighted by molar-refractivity contribution is 0.0965. The van der Waals surface area contributed by atoms with Crippen molar-refractivity contribution in [2.75, 3.05) is 62.2 Å². The molecule has 2 unspecified atom stereocenters. The van der Waals surface area contributed by atoms with E-state index < -0.39 is 0 Å². The Kier molecular flexibility index (Phi) is 12.9. The molecule has 4 aliphatic rings. The number of benzene rings is 4. The van der Waals surface area contributed by atoms with E-state index >= 15 is 4.39 Å². The van der Waals surface area contributed by atoms with Gasteiger partial charge in [-0.05, 0) is 71.8 Å². The Morgan fingerprint density at radius 2 is 1.55 bits per heavy atom. The van der Waals surface area contributed by atoms with Gasteiger partial charge in [-0.25, -0.2) is 4.39 Å². The van der Waals surface area contributed by atoms with Gasteiger partial charge in [0.2, 0.25) is 0 Å². The van der Waals surface area contributed by atoms with E-state index in [1.807, 2.05) is 50.2 Å². The lowest BCUT2D eigenvalue weighted by Crippen LogP contribution is -2.49. The number of piperidine rings is 1. The number of ether oxygens (including phenoxy) is 1. The van der Waals surface area contributed by atoms with Gasteiger partial charge in [-0.15, -0.1) is 0 Å². The van der Waals surface area contributed by atoms with E-state index in [2.05, 4.69) is 64.2 Å².